The maximum Gasteiger partial charge on any atom is 0.291 e. The van der Waals surface area contributed by atoms with Crippen molar-refractivity contribution in [3.63, 3.8) is 0 Å². The number of amides is 2. The van der Waals surface area contributed by atoms with Gasteiger partial charge in [0.05, 0.1) is 22.5 Å². The third kappa shape index (κ3) is 2.59. The molecule has 0 radical (unpaired) electrons. The molecule has 3 heterocycles. The molecule has 0 saturated heterocycles. The van der Waals surface area contributed by atoms with Gasteiger partial charge in [-0.1, -0.05) is 12.1 Å². The number of aromatic nitrogens is 1. The maximum absolute atomic E-state index is 13.3. The third-order valence-corrected chi connectivity index (χ3v) is 5.30. The van der Waals surface area contributed by atoms with E-state index in [0.717, 1.165) is 15.2 Å². The predicted octanol–water partition coefficient (Wildman–Crippen LogP) is 2.58. The van der Waals surface area contributed by atoms with Crippen molar-refractivity contribution in [2.24, 2.45) is 10.8 Å². The van der Waals surface area contributed by atoms with Crippen molar-refractivity contribution in [3.8, 4) is 0 Å². The number of halogens is 1. The van der Waals surface area contributed by atoms with E-state index in [-0.39, 0.29) is 5.82 Å². The van der Waals surface area contributed by atoms with E-state index in [1.807, 2.05) is 16.0 Å². The first-order chi connectivity index (χ1) is 12.5. The lowest BCUT2D eigenvalue weighted by molar-refractivity contribution is -0.121. The maximum atomic E-state index is 13.3. The van der Waals surface area contributed by atoms with Crippen molar-refractivity contribution in [1.29, 1.82) is 0 Å². The Labute approximate surface area is 152 Å². The first-order valence-corrected chi connectivity index (χ1v) is 8.86. The molecular weight excluding hydrogens is 355 g/mol. The molecular formula is C18H15FN4O2S. The highest BCUT2D eigenvalue weighted by Gasteiger charge is 2.32. The molecule has 3 aromatic rings. The van der Waals surface area contributed by atoms with E-state index in [0.29, 0.717) is 23.5 Å². The van der Waals surface area contributed by atoms with Crippen LogP contribution in [0, 0.1) is 5.82 Å². The summed E-state index contributed by atoms with van der Waals surface area (Å²) in [5, 5.41) is 7.48. The van der Waals surface area contributed by atoms with Crippen molar-refractivity contribution in [1.82, 2.24) is 9.58 Å². The smallest absolute Gasteiger partial charge is 0.291 e. The van der Waals surface area contributed by atoms with Gasteiger partial charge in [0.1, 0.15) is 17.6 Å². The van der Waals surface area contributed by atoms with Gasteiger partial charge in [-0.3, -0.25) is 9.59 Å². The Hall–Kier alpha value is -3.00. The van der Waals surface area contributed by atoms with Crippen molar-refractivity contribution in [3.05, 3.63) is 58.9 Å². The second-order valence-electron chi connectivity index (χ2n) is 6.07. The number of benzene rings is 1. The van der Waals surface area contributed by atoms with Crippen molar-refractivity contribution in [2.75, 3.05) is 0 Å². The average Bonchev–Trinajstić information content (AvgIpc) is 3.17. The van der Waals surface area contributed by atoms with Gasteiger partial charge in [-0.25, -0.2) is 9.40 Å². The van der Waals surface area contributed by atoms with Crippen LogP contribution in [0.1, 0.15) is 23.0 Å². The topological polar surface area (TPSA) is 80.7 Å². The van der Waals surface area contributed by atoms with E-state index in [1.165, 1.54) is 30.4 Å². The van der Waals surface area contributed by atoms with Gasteiger partial charge in [-0.15, -0.1) is 11.3 Å². The summed E-state index contributed by atoms with van der Waals surface area (Å²) in [6, 6.07) is 8.71. The molecule has 8 heteroatoms. The number of rotatable bonds is 3. The van der Waals surface area contributed by atoms with Gasteiger partial charge in [0.2, 0.25) is 5.91 Å². The average molecular weight is 370 g/mol. The van der Waals surface area contributed by atoms with E-state index < -0.39 is 17.9 Å². The predicted molar refractivity (Wildman–Crippen MR) is 97.6 cm³/mol. The summed E-state index contributed by atoms with van der Waals surface area (Å²) in [5.41, 5.74) is 7.99. The number of nitrogens with zero attached hydrogens (tertiary/aromatic N) is 3. The normalized spacial score (nSPS) is 15.5. The van der Waals surface area contributed by atoms with Crippen LogP contribution in [0.15, 0.2) is 46.9 Å². The Morgan fingerprint density at radius 1 is 1.31 bits per heavy atom. The monoisotopic (exact) mass is 370 g/mol. The molecule has 0 aliphatic carbocycles. The first kappa shape index (κ1) is 16.5. The summed E-state index contributed by atoms with van der Waals surface area (Å²) < 4.78 is 16.1. The minimum atomic E-state index is -0.905. The lowest BCUT2D eigenvalue weighted by Crippen LogP contribution is -2.43. The number of hydrazone groups is 1. The zero-order valence-electron chi connectivity index (χ0n) is 13.8. The van der Waals surface area contributed by atoms with E-state index >= 15 is 0 Å². The Bertz CT molecular complexity index is 1050. The Kier molecular flexibility index (Phi) is 3.84. The molecule has 1 aliphatic heterocycles. The van der Waals surface area contributed by atoms with Crippen LogP contribution in [0.25, 0.3) is 10.2 Å². The highest BCUT2D eigenvalue weighted by atomic mass is 32.1. The second-order valence-corrected chi connectivity index (χ2v) is 7.02. The Morgan fingerprint density at radius 3 is 2.73 bits per heavy atom. The molecule has 2 N–H and O–H groups in total. The van der Waals surface area contributed by atoms with E-state index in [4.69, 9.17) is 5.73 Å². The molecule has 0 unspecified atom stereocenters. The van der Waals surface area contributed by atoms with E-state index in [2.05, 4.69) is 5.10 Å². The van der Waals surface area contributed by atoms with Crippen LogP contribution in [-0.4, -0.2) is 33.1 Å². The summed E-state index contributed by atoms with van der Waals surface area (Å²) in [6.45, 7) is 1.86. The molecule has 1 aromatic carbocycles. The highest BCUT2D eigenvalue weighted by molar-refractivity contribution is 7.17. The minimum Gasteiger partial charge on any atom is -0.368 e. The summed E-state index contributed by atoms with van der Waals surface area (Å²) in [4.78, 5) is 24.7. The van der Waals surface area contributed by atoms with Crippen LogP contribution in [0.3, 0.4) is 0 Å². The van der Waals surface area contributed by atoms with Gasteiger partial charge in [-0.2, -0.15) is 5.10 Å². The summed E-state index contributed by atoms with van der Waals surface area (Å²) >= 11 is 1.53. The fraction of sp³-hybridized carbons (Fsp3) is 0.167. The molecule has 1 aliphatic rings. The van der Waals surface area contributed by atoms with Crippen LogP contribution in [0.5, 0.6) is 0 Å². The molecule has 1 atom stereocenters. The number of fused-ring (bicyclic) bond motifs is 3. The zero-order chi connectivity index (χ0) is 18.4. The Morgan fingerprint density at radius 2 is 2.04 bits per heavy atom. The van der Waals surface area contributed by atoms with Crippen LogP contribution in [0.2, 0.25) is 0 Å². The van der Waals surface area contributed by atoms with Crippen LogP contribution < -0.4 is 5.73 Å². The quantitative estimate of drug-likeness (QED) is 0.769. The first-order valence-electron chi connectivity index (χ1n) is 7.98. The summed E-state index contributed by atoms with van der Waals surface area (Å²) in [5.74, 6) is -1.40. The molecule has 0 saturated carbocycles. The van der Waals surface area contributed by atoms with Gasteiger partial charge < -0.3 is 10.3 Å². The molecule has 132 valence electrons. The standard InChI is InChI=1S/C18H15FN4O2S/c1-10(17(20)24)23-18(25)15-8-16-14(6-7-26-16)22(15)9-13(21-23)11-2-4-12(19)5-3-11/h2-8,10H,9H2,1H3,(H2,20,24)/t10-/m1/s1. The van der Waals surface area contributed by atoms with Crippen LogP contribution in [0.4, 0.5) is 4.39 Å². The van der Waals surface area contributed by atoms with Crippen LogP contribution >= 0.6 is 11.3 Å². The lowest BCUT2D eigenvalue weighted by Gasteiger charge is -2.21. The number of hydrogen-bond donors (Lipinski definition) is 1. The molecule has 2 amide bonds. The number of carbonyl (C=O) groups is 2. The van der Waals surface area contributed by atoms with E-state index in [1.54, 1.807) is 18.2 Å². The fourth-order valence-electron chi connectivity index (χ4n) is 2.97. The summed E-state index contributed by atoms with van der Waals surface area (Å²) in [7, 11) is 0. The second kappa shape index (κ2) is 6.06. The molecule has 0 fully saturated rings. The fourth-order valence-corrected chi connectivity index (χ4v) is 3.80. The third-order valence-electron chi connectivity index (χ3n) is 4.44. The molecule has 0 bridgehead atoms. The minimum absolute atomic E-state index is 0.328. The summed E-state index contributed by atoms with van der Waals surface area (Å²) in [6.07, 6.45) is 0. The largest absolute Gasteiger partial charge is 0.368 e. The Balaban J connectivity index is 1.90. The van der Waals surface area contributed by atoms with Gasteiger partial charge in [-0.05, 0) is 42.1 Å². The molecule has 0 spiro atoms. The van der Waals surface area contributed by atoms with Gasteiger partial charge in [0.25, 0.3) is 5.91 Å². The number of carbonyl (C=O) groups excluding carboxylic acids is 2. The number of thiophene rings is 1. The number of nitrogens with two attached hydrogens (primary N) is 1. The van der Waals surface area contributed by atoms with Crippen molar-refractivity contribution < 1.29 is 14.0 Å². The van der Waals surface area contributed by atoms with E-state index in [9.17, 15) is 14.0 Å². The van der Waals surface area contributed by atoms with Crippen LogP contribution in [-0.2, 0) is 11.3 Å². The van der Waals surface area contributed by atoms with Gasteiger partial charge >= 0.3 is 0 Å². The highest BCUT2D eigenvalue weighted by Crippen LogP contribution is 2.29. The lowest BCUT2D eigenvalue weighted by atomic mass is 10.1. The zero-order valence-corrected chi connectivity index (χ0v) is 14.7. The molecule has 26 heavy (non-hydrogen) atoms. The van der Waals surface area contributed by atoms with Gasteiger partial charge in [0.15, 0.2) is 0 Å². The number of primary amides is 1. The molecule has 4 rings (SSSR count). The number of hydrogen-bond acceptors (Lipinski definition) is 4. The molecule has 2 aromatic heterocycles. The SMILES string of the molecule is C[C@H](C(N)=O)N1N=C(c2ccc(F)cc2)Cn2c(cc3sccc32)C1=O. The van der Waals surface area contributed by atoms with Crippen molar-refractivity contribution >= 4 is 39.1 Å². The molecule has 6 nitrogen and oxygen atoms in total. The van der Waals surface area contributed by atoms with Gasteiger partial charge in [0, 0.05) is 0 Å². The van der Waals surface area contributed by atoms with Crippen molar-refractivity contribution in [2.45, 2.75) is 19.5 Å².